The van der Waals surface area contributed by atoms with E-state index in [0.717, 1.165) is 5.56 Å². The second-order valence-corrected chi connectivity index (χ2v) is 9.79. The van der Waals surface area contributed by atoms with E-state index >= 15 is 0 Å². The summed E-state index contributed by atoms with van der Waals surface area (Å²) in [7, 11) is 0. The number of phenolic OH excluding ortho intramolecular Hbond substituents is 1. The summed E-state index contributed by atoms with van der Waals surface area (Å²) in [4.78, 5) is 62.0. The van der Waals surface area contributed by atoms with Crippen molar-refractivity contribution in [1.29, 1.82) is 0 Å². The maximum Gasteiger partial charge on any atom is 0.326 e. The van der Waals surface area contributed by atoms with Crippen LogP contribution in [0, 0.1) is 5.92 Å². The number of nitrogens with two attached hydrogens (primary N) is 1. The van der Waals surface area contributed by atoms with E-state index < -0.39 is 66.2 Å². The molecule has 3 amide bonds. The maximum absolute atomic E-state index is 13.2. The Morgan fingerprint density at radius 3 is 1.88 bits per heavy atom. The summed E-state index contributed by atoms with van der Waals surface area (Å²) in [6.07, 6.45) is -0.676. The second kappa shape index (κ2) is 15.2. The summed E-state index contributed by atoms with van der Waals surface area (Å²) in [5.41, 5.74) is 7.39. The first-order valence-electron chi connectivity index (χ1n) is 12.8. The lowest BCUT2D eigenvalue weighted by molar-refractivity contribution is -0.143. The third-order valence-electron chi connectivity index (χ3n) is 6.15. The van der Waals surface area contributed by atoms with E-state index in [0.29, 0.717) is 5.56 Å². The lowest BCUT2D eigenvalue weighted by Gasteiger charge is -2.27. The van der Waals surface area contributed by atoms with Gasteiger partial charge in [0.05, 0.1) is 6.04 Å². The van der Waals surface area contributed by atoms with Crippen LogP contribution < -0.4 is 21.7 Å². The average molecular weight is 557 g/mol. The van der Waals surface area contributed by atoms with Gasteiger partial charge in [0, 0.05) is 12.8 Å². The highest BCUT2D eigenvalue weighted by Gasteiger charge is 2.32. The summed E-state index contributed by atoms with van der Waals surface area (Å²) >= 11 is 0. The Kier molecular flexibility index (Phi) is 12.1. The second-order valence-electron chi connectivity index (χ2n) is 9.79. The molecule has 0 bridgehead atoms. The standard InChI is InChI=1S/C28H36N4O8/c1-16(2)24(32-25(36)20(29)14-17-6-4-3-5-7-17)27(38)30-21(12-13-23(34)35)26(37)31-22(28(39)40)15-18-8-10-19(33)11-9-18/h3-11,16,20-22,24,33H,12-15,29H2,1-2H3,(H,30,38)(H,31,37)(H,32,36)(H,34,35)(H,39,40). The highest BCUT2D eigenvalue weighted by molar-refractivity contribution is 5.94. The molecule has 8 N–H and O–H groups in total. The monoisotopic (exact) mass is 556 g/mol. The van der Waals surface area contributed by atoms with Gasteiger partial charge in [-0.05, 0) is 42.0 Å². The third kappa shape index (κ3) is 10.4. The number of carboxylic acid groups (broad SMARTS) is 2. The average Bonchev–Trinajstić information content (AvgIpc) is 2.90. The van der Waals surface area contributed by atoms with E-state index in [2.05, 4.69) is 16.0 Å². The summed E-state index contributed by atoms with van der Waals surface area (Å²) in [6.45, 7) is 3.36. The van der Waals surface area contributed by atoms with Gasteiger partial charge in [-0.3, -0.25) is 19.2 Å². The first-order chi connectivity index (χ1) is 18.9. The molecule has 0 heterocycles. The van der Waals surface area contributed by atoms with Crippen LogP contribution in [0.2, 0.25) is 0 Å². The van der Waals surface area contributed by atoms with E-state index in [4.69, 9.17) is 10.8 Å². The normalized spacial score (nSPS) is 13.9. The summed E-state index contributed by atoms with van der Waals surface area (Å²) in [5, 5.41) is 35.6. The molecule has 0 aromatic heterocycles. The predicted octanol–water partition coefficient (Wildman–Crippen LogP) is 0.565. The van der Waals surface area contributed by atoms with Crippen molar-refractivity contribution in [3.63, 3.8) is 0 Å². The van der Waals surface area contributed by atoms with Crippen molar-refractivity contribution in [3.8, 4) is 5.75 Å². The molecular weight excluding hydrogens is 520 g/mol. The molecule has 4 unspecified atom stereocenters. The quantitative estimate of drug-likeness (QED) is 0.163. The van der Waals surface area contributed by atoms with Crippen LogP contribution in [-0.4, -0.2) is 69.1 Å². The van der Waals surface area contributed by atoms with Crippen LogP contribution in [0.1, 0.15) is 37.8 Å². The number of hydrogen-bond acceptors (Lipinski definition) is 7. The largest absolute Gasteiger partial charge is 0.508 e. The minimum atomic E-state index is -1.39. The number of rotatable bonds is 15. The van der Waals surface area contributed by atoms with Gasteiger partial charge in [-0.1, -0.05) is 56.3 Å². The number of amides is 3. The lowest BCUT2D eigenvalue weighted by atomic mass is 10.00. The number of aromatic hydroxyl groups is 1. The zero-order valence-corrected chi connectivity index (χ0v) is 22.4. The molecule has 0 saturated carbocycles. The number of aliphatic carboxylic acids is 2. The minimum absolute atomic E-state index is 0.0103. The van der Waals surface area contributed by atoms with Crippen LogP contribution in [0.3, 0.4) is 0 Å². The lowest BCUT2D eigenvalue weighted by Crippen LogP contribution is -2.58. The van der Waals surface area contributed by atoms with Gasteiger partial charge in [0.2, 0.25) is 17.7 Å². The van der Waals surface area contributed by atoms with Gasteiger partial charge in [0.25, 0.3) is 0 Å². The van der Waals surface area contributed by atoms with Crippen LogP contribution in [0.4, 0.5) is 0 Å². The van der Waals surface area contributed by atoms with Crippen LogP contribution >= 0.6 is 0 Å². The van der Waals surface area contributed by atoms with Crippen LogP contribution in [0.15, 0.2) is 54.6 Å². The number of hydrogen-bond donors (Lipinski definition) is 7. The van der Waals surface area contributed by atoms with Gasteiger partial charge in [-0.2, -0.15) is 0 Å². The molecule has 0 aliphatic rings. The maximum atomic E-state index is 13.2. The number of phenols is 1. The molecule has 40 heavy (non-hydrogen) atoms. The Bertz CT molecular complexity index is 1170. The molecule has 0 saturated heterocycles. The molecule has 216 valence electrons. The van der Waals surface area contributed by atoms with Gasteiger partial charge in [-0.25, -0.2) is 4.79 Å². The summed E-state index contributed by atoms with van der Waals surface area (Å²) < 4.78 is 0. The summed E-state index contributed by atoms with van der Waals surface area (Å²) in [5.74, 6) is -5.21. The number of carbonyl (C=O) groups is 5. The molecule has 12 nitrogen and oxygen atoms in total. The van der Waals surface area contributed by atoms with Crippen LogP contribution in [0.25, 0.3) is 0 Å². The predicted molar refractivity (Wildman–Crippen MR) is 145 cm³/mol. The van der Waals surface area contributed by atoms with Crippen LogP contribution in [0.5, 0.6) is 5.75 Å². The molecule has 0 fully saturated rings. The molecule has 4 atom stereocenters. The fraction of sp³-hybridized carbons (Fsp3) is 0.393. The number of carboxylic acids is 2. The first-order valence-corrected chi connectivity index (χ1v) is 12.8. The smallest absolute Gasteiger partial charge is 0.326 e. The zero-order chi connectivity index (χ0) is 29.8. The number of carbonyl (C=O) groups excluding carboxylic acids is 3. The Labute approximate surface area is 232 Å². The van der Waals surface area contributed by atoms with E-state index in [1.807, 2.05) is 30.3 Å². The van der Waals surface area contributed by atoms with Gasteiger partial charge < -0.3 is 37.0 Å². The Morgan fingerprint density at radius 1 is 0.750 bits per heavy atom. The molecule has 2 rings (SSSR count). The molecule has 0 spiro atoms. The highest BCUT2D eigenvalue weighted by atomic mass is 16.4. The van der Waals surface area contributed by atoms with Gasteiger partial charge >= 0.3 is 11.9 Å². The van der Waals surface area contributed by atoms with Gasteiger partial charge in [0.15, 0.2) is 0 Å². The van der Waals surface area contributed by atoms with E-state index in [1.54, 1.807) is 13.8 Å². The van der Waals surface area contributed by atoms with Crippen molar-refractivity contribution in [3.05, 3.63) is 65.7 Å². The SMILES string of the molecule is CC(C)C(NC(=O)C(N)Cc1ccccc1)C(=O)NC(CCC(=O)O)C(=O)NC(Cc1ccc(O)cc1)C(=O)O. The van der Waals surface area contributed by atoms with Crippen molar-refractivity contribution in [1.82, 2.24) is 16.0 Å². The topological polar surface area (TPSA) is 208 Å². The fourth-order valence-electron chi connectivity index (χ4n) is 3.89. The molecule has 12 heteroatoms. The molecule has 2 aromatic carbocycles. The Hall–Kier alpha value is -4.45. The third-order valence-corrected chi connectivity index (χ3v) is 6.15. The summed E-state index contributed by atoms with van der Waals surface area (Å²) in [6, 6.07) is 10.0. The number of benzene rings is 2. The van der Waals surface area contributed by atoms with Crippen molar-refractivity contribution >= 4 is 29.7 Å². The Morgan fingerprint density at radius 2 is 1.32 bits per heavy atom. The highest BCUT2D eigenvalue weighted by Crippen LogP contribution is 2.12. The Balaban J connectivity index is 2.12. The minimum Gasteiger partial charge on any atom is -0.508 e. The van der Waals surface area contributed by atoms with Crippen molar-refractivity contribution in [2.75, 3.05) is 0 Å². The van der Waals surface area contributed by atoms with Crippen molar-refractivity contribution in [2.24, 2.45) is 11.7 Å². The van der Waals surface area contributed by atoms with Crippen molar-refractivity contribution in [2.45, 2.75) is 63.7 Å². The number of nitrogens with one attached hydrogen (secondary N) is 3. The van der Waals surface area contributed by atoms with Crippen molar-refractivity contribution < 1.29 is 39.3 Å². The van der Waals surface area contributed by atoms with Gasteiger partial charge in [-0.15, -0.1) is 0 Å². The first kappa shape index (κ1) is 31.8. The van der Waals surface area contributed by atoms with E-state index in [9.17, 15) is 34.2 Å². The zero-order valence-electron chi connectivity index (χ0n) is 22.4. The van der Waals surface area contributed by atoms with E-state index in [1.165, 1.54) is 24.3 Å². The van der Waals surface area contributed by atoms with Crippen LogP contribution in [-0.2, 0) is 36.8 Å². The molecule has 0 radical (unpaired) electrons. The molecular formula is C28H36N4O8. The molecule has 0 aliphatic heterocycles. The van der Waals surface area contributed by atoms with Gasteiger partial charge in [0.1, 0.15) is 23.9 Å². The molecule has 0 aliphatic carbocycles. The molecule has 2 aromatic rings. The van der Waals surface area contributed by atoms with E-state index in [-0.39, 0.29) is 25.0 Å². The fourth-order valence-corrected chi connectivity index (χ4v) is 3.89.